The molecule has 0 aliphatic heterocycles. The Morgan fingerprint density at radius 2 is 2.07 bits per heavy atom. The number of amides is 1. The number of hydrogen-bond acceptors (Lipinski definition) is 2. The lowest BCUT2D eigenvalue weighted by Crippen LogP contribution is -2.06. The van der Waals surface area contributed by atoms with Gasteiger partial charge in [-0.25, -0.2) is 0 Å². The molecule has 0 radical (unpaired) electrons. The minimum Gasteiger partial charge on any atom is -0.324 e. The van der Waals surface area contributed by atoms with Crippen molar-refractivity contribution in [1.82, 2.24) is 4.98 Å². The summed E-state index contributed by atoms with van der Waals surface area (Å²) in [6.07, 6.45) is 3.43. The van der Waals surface area contributed by atoms with E-state index in [0.717, 1.165) is 16.5 Å². The first-order valence-corrected chi connectivity index (χ1v) is 4.38. The van der Waals surface area contributed by atoms with Gasteiger partial charge < -0.3 is 5.32 Å². The zero-order valence-corrected chi connectivity index (χ0v) is 7.82. The lowest BCUT2D eigenvalue weighted by molar-refractivity contribution is -0.114. The van der Waals surface area contributed by atoms with E-state index in [4.69, 9.17) is 0 Å². The Bertz CT molecular complexity index is 474. The standard InChI is InChI=1S/C11H10N2O/c1-8(14)13-11-7-12-6-9-4-2-3-5-10(9)11/h2-7H,1H3,(H,13,14). The molecule has 2 rings (SSSR count). The lowest BCUT2D eigenvalue weighted by Gasteiger charge is -2.05. The predicted octanol–water partition coefficient (Wildman–Crippen LogP) is 2.19. The third kappa shape index (κ3) is 1.57. The second-order valence-electron chi connectivity index (χ2n) is 3.09. The summed E-state index contributed by atoms with van der Waals surface area (Å²) in [5.74, 6) is -0.0804. The average Bonchev–Trinajstić information content (AvgIpc) is 2.18. The van der Waals surface area contributed by atoms with Crippen molar-refractivity contribution >= 4 is 22.4 Å². The van der Waals surface area contributed by atoms with E-state index in [1.807, 2.05) is 24.3 Å². The Labute approximate surface area is 81.8 Å². The first-order valence-electron chi connectivity index (χ1n) is 4.38. The first kappa shape index (κ1) is 8.69. The van der Waals surface area contributed by atoms with Gasteiger partial charge in [0.2, 0.25) is 5.91 Å². The molecule has 3 heteroatoms. The molecule has 14 heavy (non-hydrogen) atoms. The number of aromatic nitrogens is 1. The Hall–Kier alpha value is -1.90. The molecule has 1 amide bonds. The highest BCUT2D eigenvalue weighted by molar-refractivity contribution is 6.00. The van der Waals surface area contributed by atoms with Crippen molar-refractivity contribution in [3.8, 4) is 0 Å². The van der Waals surface area contributed by atoms with E-state index < -0.39 is 0 Å². The molecule has 1 N–H and O–H groups in total. The van der Waals surface area contributed by atoms with Gasteiger partial charge in [0.05, 0.1) is 11.9 Å². The first-order chi connectivity index (χ1) is 6.77. The van der Waals surface area contributed by atoms with E-state index in [-0.39, 0.29) is 5.91 Å². The largest absolute Gasteiger partial charge is 0.324 e. The van der Waals surface area contributed by atoms with E-state index >= 15 is 0 Å². The molecule has 2 aromatic rings. The summed E-state index contributed by atoms with van der Waals surface area (Å²) in [5, 5.41) is 4.78. The molecular formula is C11H10N2O. The summed E-state index contributed by atoms with van der Waals surface area (Å²) in [6, 6.07) is 7.81. The molecule has 1 heterocycles. The van der Waals surface area contributed by atoms with Gasteiger partial charge in [0.1, 0.15) is 0 Å². The van der Waals surface area contributed by atoms with E-state index in [2.05, 4.69) is 10.3 Å². The minimum atomic E-state index is -0.0804. The van der Waals surface area contributed by atoms with Gasteiger partial charge in [0.25, 0.3) is 0 Å². The number of fused-ring (bicyclic) bond motifs is 1. The fourth-order valence-electron chi connectivity index (χ4n) is 1.41. The van der Waals surface area contributed by atoms with Crippen LogP contribution in [0.1, 0.15) is 6.92 Å². The van der Waals surface area contributed by atoms with Crippen LogP contribution in [-0.2, 0) is 4.79 Å². The highest BCUT2D eigenvalue weighted by Gasteiger charge is 2.01. The maximum Gasteiger partial charge on any atom is 0.221 e. The third-order valence-electron chi connectivity index (χ3n) is 1.98. The summed E-state index contributed by atoms with van der Waals surface area (Å²) in [7, 11) is 0. The van der Waals surface area contributed by atoms with Crippen LogP contribution in [0.5, 0.6) is 0 Å². The van der Waals surface area contributed by atoms with Crippen molar-refractivity contribution < 1.29 is 4.79 Å². The Morgan fingerprint density at radius 3 is 2.86 bits per heavy atom. The van der Waals surface area contributed by atoms with Crippen LogP contribution in [0.3, 0.4) is 0 Å². The fraction of sp³-hybridized carbons (Fsp3) is 0.0909. The van der Waals surface area contributed by atoms with Gasteiger partial charge in [-0.15, -0.1) is 0 Å². The van der Waals surface area contributed by atoms with Crippen LogP contribution in [-0.4, -0.2) is 10.9 Å². The molecule has 0 atom stereocenters. The molecule has 0 aliphatic carbocycles. The predicted molar refractivity (Wildman–Crippen MR) is 56.0 cm³/mol. The second-order valence-corrected chi connectivity index (χ2v) is 3.09. The molecule has 3 nitrogen and oxygen atoms in total. The van der Waals surface area contributed by atoms with Crippen LogP contribution in [0.15, 0.2) is 36.7 Å². The molecule has 1 aromatic heterocycles. The fourth-order valence-corrected chi connectivity index (χ4v) is 1.41. The SMILES string of the molecule is CC(=O)Nc1cncc2ccccc12. The minimum absolute atomic E-state index is 0.0804. The topological polar surface area (TPSA) is 42.0 Å². The Kier molecular flexibility index (Phi) is 2.14. The Balaban J connectivity index is 2.59. The summed E-state index contributed by atoms with van der Waals surface area (Å²) in [5.41, 5.74) is 0.760. The molecule has 0 bridgehead atoms. The molecule has 0 saturated heterocycles. The summed E-state index contributed by atoms with van der Waals surface area (Å²) in [6.45, 7) is 1.49. The van der Waals surface area contributed by atoms with Crippen molar-refractivity contribution in [2.45, 2.75) is 6.92 Å². The highest BCUT2D eigenvalue weighted by atomic mass is 16.1. The monoisotopic (exact) mass is 186 g/mol. The van der Waals surface area contributed by atoms with Crippen LogP contribution in [0.25, 0.3) is 10.8 Å². The number of pyridine rings is 1. The summed E-state index contributed by atoms with van der Waals surface area (Å²) in [4.78, 5) is 15.0. The van der Waals surface area contributed by atoms with Crippen molar-refractivity contribution in [3.63, 3.8) is 0 Å². The van der Waals surface area contributed by atoms with Gasteiger partial charge >= 0.3 is 0 Å². The van der Waals surface area contributed by atoms with Gasteiger partial charge in [-0.3, -0.25) is 9.78 Å². The van der Waals surface area contributed by atoms with E-state index in [1.165, 1.54) is 6.92 Å². The van der Waals surface area contributed by atoms with Crippen LogP contribution < -0.4 is 5.32 Å². The summed E-state index contributed by atoms with van der Waals surface area (Å²) >= 11 is 0. The van der Waals surface area contributed by atoms with Gasteiger partial charge in [0, 0.05) is 23.9 Å². The number of benzene rings is 1. The van der Waals surface area contributed by atoms with Crippen LogP contribution in [0.2, 0.25) is 0 Å². The second kappa shape index (κ2) is 3.46. The number of nitrogens with one attached hydrogen (secondary N) is 1. The molecule has 0 saturated carbocycles. The van der Waals surface area contributed by atoms with Gasteiger partial charge in [-0.2, -0.15) is 0 Å². The van der Waals surface area contributed by atoms with E-state index in [1.54, 1.807) is 12.4 Å². The van der Waals surface area contributed by atoms with Gasteiger partial charge in [0.15, 0.2) is 0 Å². The molecule has 1 aromatic carbocycles. The third-order valence-corrected chi connectivity index (χ3v) is 1.98. The quantitative estimate of drug-likeness (QED) is 0.741. The van der Waals surface area contributed by atoms with Crippen LogP contribution >= 0.6 is 0 Å². The molecular weight excluding hydrogens is 176 g/mol. The van der Waals surface area contributed by atoms with Crippen LogP contribution in [0, 0.1) is 0 Å². The average molecular weight is 186 g/mol. The molecule has 0 spiro atoms. The number of anilines is 1. The highest BCUT2D eigenvalue weighted by Crippen LogP contribution is 2.21. The van der Waals surface area contributed by atoms with Crippen molar-refractivity contribution in [2.75, 3.05) is 5.32 Å². The van der Waals surface area contributed by atoms with Crippen molar-refractivity contribution in [2.24, 2.45) is 0 Å². The smallest absolute Gasteiger partial charge is 0.221 e. The number of nitrogens with zero attached hydrogens (tertiary/aromatic N) is 1. The maximum absolute atomic E-state index is 10.9. The normalized spacial score (nSPS) is 10.1. The summed E-state index contributed by atoms with van der Waals surface area (Å²) < 4.78 is 0. The zero-order chi connectivity index (χ0) is 9.97. The molecule has 70 valence electrons. The van der Waals surface area contributed by atoms with Gasteiger partial charge in [-0.05, 0) is 0 Å². The number of carbonyl (C=O) groups is 1. The molecule has 0 fully saturated rings. The lowest BCUT2D eigenvalue weighted by atomic mass is 10.1. The van der Waals surface area contributed by atoms with Gasteiger partial charge in [-0.1, -0.05) is 24.3 Å². The maximum atomic E-state index is 10.9. The van der Waals surface area contributed by atoms with Crippen LogP contribution in [0.4, 0.5) is 5.69 Å². The molecule has 0 unspecified atom stereocenters. The number of hydrogen-bond donors (Lipinski definition) is 1. The number of rotatable bonds is 1. The van der Waals surface area contributed by atoms with Crippen molar-refractivity contribution in [3.05, 3.63) is 36.7 Å². The van der Waals surface area contributed by atoms with E-state index in [0.29, 0.717) is 0 Å². The number of carbonyl (C=O) groups excluding carboxylic acids is 1. The van der Waals surface area contributed by atoms with Crippen molar-refractivity contribution in [1.29, 1.82) is 0 Å². The molecule has 0 aliphatic rings. The van der Waals surface area contributed by atoms with E-state index in [9.17, 15) is 4.79 Å². The Morgan fingerprint density at radius 1 is 1.29 bits per heavy atom. The zero-order valence-electron chi connectivity index (χ0n) is 7.82.